The highest BCUT2D eigenvalue weighted by atomic mass is 16.5. The first-order chi connectivity index (χ1) is 9.56. The number of nitrogens with one attached hydrogen (secondary N) is 2. The number of hydrogen-bond donors (Lipinski definition) is 2. The first-order valence-corrected chi connectivity index (χ1v) is 6.42. The Morgan fingerprint density at radius 2 is 2.05 bits per heavy atom. The van der Waals surface area contributed by atoms with Crippen molar-refractivity contribution < 1.29 is 19.1 Å². The topological polar surface area (TPSA) is 76.7 Å². The Labute approximate surface area is 118 Å². The molecule has 6 nitrogen and oxygen atoms in total. The van der Waals surface area contributed by atoms with E-state index in [0.29, 0.717) is 12.3 Å². The van der Waals surface area contributed by atoms with Crippen molar-refractivity contribution in [2.75, 3.05) is 25.6 Å². The monoisotopic (exact) mass is 280 g/mol. The molecule has 0 bridgehead atoms. The van der Waals surface area contributed by atoms with Crippen LogP contribution in [0.15, 0.2) is 18.2 Å². The molecule has 0 aliphatic carbocycles. The van der Waals surface area contributed by atoms with Gasteiger partial charge in [-0.25, -0.2) is 4.79 Å². The lowest BCUT2D eigenvalue weighted by Gasteiger charge is -2.10. The molecule has 1 aromatic carbocycles. The van der Waals surface area contributed by atoms with E-state index in [1.807, 2.05) is 13.0 Å². The summed E-state index contributed by atoms with van der Waals surface area (Å²) < 4.78 is 9.85. The van der Waals surface area contributed by atoms with Crippen LogP contribution in [0.25, 0.3) is 0 Å². The number of esters is 1. The third kappa shape index (κ3) is 5.17. The highest BCUT2D eigenvalue weighted by molar-refractivity contribution is 5.90. The molecule has 110 valence electrons. The maximum absolute atomic E-state index is 11.7. The maximum Gasteiger partial charge on any atom is 0.319 e. The molecule has 0 atom stereocenters. The first kappa shape index (κ1) is 15.8. The summed E-state index contributed by atoms with van der Waals surface area (Å²) in [6.07, 6.45) is 0.156. The van der Waals surface area contributed by atoms with Crippen LogP contribution in [-0.2, 0) is 9.53 Å². The quantitative estimate of drug-likeness (QED) is 0.782. The van der Waals surface area contributed by atoms with E-state index in [0.717, 1.165) is 11.3 Å². The van der Waals surface area contributed by atoms with E-state index in [-0.39, 0.29) is 25.0 Å². The number of amides is 2. The fraction of sp³-hybridized carbons (Fsp3) is 0.429. The average molecular weight is 280 g/mol. The zero-order valence-corrected chi connectivity index (χ0v) is 12.0. The van der Waals surface area contributed by atoms with Crippen LogP contribution < -0.4 is 15.4 Å². The third-order valence-corrected chi connectivity index (χ3v) is 2.60. The van der Waals surface area contributed by atoms with Gasteiger partial charge in [-0.05, 0) is 37.6 Å². The SMILES string of the molecule is CCOC(=O)CCNC(=O)Nc1ccc(OC)cc1C. The average Bonchev–Trinajstić information content (AvgIpc) is 2.41. The summed E-state index contributed by atoms with van der Waals surface area (Å²) in [4.78, 5) is 22.8. The normalized spacial score (nSPS) is 9.75. The standard InChI is InChI=1S/C14H20N2O4/c1-4-20-13(17)7-8-15-14(18)16-12-6-5-11(19-3)9-10(12)2/h5-6,9H,4,7-8H2,1-3H3,(H2,15,16,18). The molecule has 0 heterocycles. The van der Waals surface area contributed by atoms with Crippen LogP contribution in [0.5, 0.6) is 5.75 Å². The number of rotatable bonds is 6. The van der Waals surface area contributed by atoms with Gasteiger partial charge in [-0.15, -0.1) is 0 Å². The Balaban J connectivity index is 2.41. The zero-order chi connectivity index (χ0) is 15.0. The summed E-state index contributed by atoms with van der Waals surface area (Å²) in [5, 5.41) is 5.30. The van der Waals surface area contributed by atoms with Crippen LogP contribution in [-0.4, -0.2) is 32.3 Å². The van der Waals surface area contributed by atoms with E-state index in [1.165, 1.54) is 0 Å². The molecule has 0 aliphatic heterocycles. The van der Waals surface area contributed by atoms with Crippen LogP contribution >= 0.6 is 0 Å². The number of hydrogen-bond acceptors (Lipinski definition) is 4. The molecular formula is C14H20N2O4. The Bertz CT molecular complexity index is 474. The number of urea groups is 1. The third-order valence-electron chi connectivity index (χ3n) is 2.60. The summed E-state index contributed by atoms with van der Waals surface area (Å²) in [6, 6.07) is 5.00. The molecule has 1 aromatic rings. The fourth-order valence-corrected chi connectivity index (χ4v) is 1.58. The molecule has 2 N–H and O–H groups in total. The highest BCUT2D eigenvalue weighted by Gasteiger charge is 2.06. The van der Waals surface area contributed by atoms with Gasteiger partial charge in [0.05, 0.1) is 20.1 Å². The first-order valence-electron chi connectivity index (χ1n) is 6.42. The van der Waals surface area contributed by atoms with E-state index >= 15 is 0 Å². The Kier molecular flexibility index (Phi) is 6.36. The number of ether oxygens (including phenoxy) is 2. The van der Waals surface area contributed by atoms with Gasteiger partial charge < -0.3 is 20.1 Å². The molecule has 1 rings (SSSR count). The summed E-state index contributed by atoms with van der Waals surface area (Å²) in [6.45, 7) is 4.19. The van der Waals surface area contributed by atoms with Gasteiger partial charge in [0.15, 0.2) is 0 Å². The molecule has 2 amide bonds. The van der Waals surface area contributed by atoms with Crippen molar-refractivity contribution in [2.24, 2.45) is 0 Å². The molecule has 0 spiro atoms. The van der Waals surface area contributed by atoms with Crippen LogP contribution in [0.4, 0.5) is 10.5 Å². The van der Waals surface area contributed by atoms with Crippen molar-refractivity contribution in [3.8, 4) is 5.75 Å². The molecule has 0 saturated heterocycles. The van der Waals surface area contributed by atoms with E-state index in [9.17, 15) is 9.59 Å². The number of benzene rings is 1. The second-order valence-corrected chi connectivity index (χ2v) is 4.12. The molecule has 6 heteroatoms. The minimum atomic E-state index is -0.359. The summed E-state index contributed by atoms with van der Waals surface area (Å²) >= 11 is 0. The number of carbonyl (C=O) groups is 2. The van der Waals surface area contributed by atoms with E-state index < -0.39 is 0 Å². The second-order valence-electron chi connectivity index (χ2n) is 4.12. The predicted molar refractivity (Wildman–Crippen MR) is 76.0 cm³/mol. The molecule has 0 radical (unpaired) electrons. The van der Waals surface area contributed by atoms with Crippen LogP contribution in [0.2, 0.25) is 0 Å². The molecule has 0 saturated carbocycles. The number of aryl methyl sites for hydroxylation is 1. The summed E-state index contributed by atoms with van der Waals surface area (Å²) in [7, 11) is 1.59. The lowest BCUT2D eigenvalue weighted by molar-refractivity contribution is -0.142. The number of anilines is 1. The largest absolute Gasteiger partial charge is 0.497 e. The fourth-order valence-electron chi connectivity index (χ4n) is 1.58. The Morgan fingerprint density at radius 1 is 1.30 bits per heavy atom. The van der Waals surface area contributed by atoms with Gasteiger partial charge >= 0.3 is 12.0 Å². The van der Waals surface area contributed by atoms with Crippen LogP contribution in [0.3, 0.4) is 0 Å². The van der Waals surface area contributed by atoms with Crippen LogP contribution in [0.1, 0.15) is 18.9 Å². The number of methoxy groups -OCH3 is 1. The van der Waals surface area contributed by atoms with Crippen molar-refractivity contribution in [2.45, 2.75) is 20.3 Å². The highest BCUT2D eigenvalue weighted by Crippen LogP contribution is 2.20. The minimum Gasteiger partial charge on any atom is -0.497 e. The van der Waals surface area contributed by atoms with Crippen molar-refractivity contribution in [1.82, 2.24) is 5.32 Å². The van der Waals surface area contributed by atoms with Crippen molar-refractivity contribution >= 4 is 17.7 Å². The van der Waals surface area contributed by atoms with Gasteiger partial charge in [0, 0.05) is 12.2 Å². The van der Waals surface area contributed by atoms with Crippen molar-refractivity contribution in [1.29, 1.82) is 0 Å². The van der Waals surface area contributed by atoms with Gasteiger partial charge in [-0.2, -0.15) is 0 Å². The number of carbonyl (C=O) groups excluding carboxylic acids is 2. The summed E-state index contributed by atoms with van der Waals surface area (Å²) in [5.41, 5.74) is 1.59. The molecule has 0 unspecified atom stereocenters. The molecule has 0 aliphatic rings. The van der Waals surface area contributed by atoms with E-state index in [1.54, 1.807) is 26.2 Å². The van der Waals surface area contributed by atoms with Gasteiger partial charge in [0.2, 0.25) is 0 Å². The molecular weight excluding hydrogens is 260 g/mol. The van der Waals surface area contributed by atoms with Gasteiger partial charge in [0.25, 0.3) is 0 Å². The van der Waals surface area contributed by atoms with Gasteiger partial charge in [-0.1, -0.05) is 0 Å². The van der Waals surface area contributed by atoms with Crippen molar-refractivity contribution in [3.05, 3.63) is 23.8 Å². The van der Waals surface area contributed by atoms with Crippen LogP contribution in [0, 0.1) is 6.92 Å². The Hall–Kier alpha value is -2.24. The summed E-state index contributed by atoms with van der Waals surface area (Å²) in [5.74, 6) is 0.407. The molecule has 20 heavy (non-hydrogen) atoms. The second kappa shape index (κ2) is 8.04. The van der Waals surface area contributed by atoms with Gasteiger partial charge in [0.1, 0.15) is 5.75 Å². The van der Waals surface area contributed by atoms with Crippen molar-refractivity contribution in [3.63, 3.8) is 0 Å². The zero-order valence-electron chi connectivity index (χ0n) is 12.0. The lowest BCUT2D eigenvalue weighted by atomic mass is 10.2. The van der Waals surface area contributed by atoms with E-state index in [4.69, 9.17) is 9.47 Å². The Morgan fingerprint density at radius 3 is 2.65 bits per heavy atom. The lowest BCUT2D eigenvalue weighted by Crippen LogP contribution is -2.31. The van der Waals surface area contributed by atoms with E-state index in [2.05, 4.69) is 10.6 Å². The van der Waals surface area contributed by atoms with Gasteiger partial charge in [-0.3, -0.25) is 4.79 Å². The molecule has 0 aromatic heterocycles. The molecule has 0 fully saturated rings. The smallest absolute Gasteiger partial charge is 0.319 e. The minimum absolute atomic E-state index is 0.156. The maximum atomic E-state index is 11.7. The predicted octanol–water partition coefficient (Wildman–Crippen LogP) is 2.08.